The average molecular weight is 354 g/mol. The standard InChI is InChI=1S/C16H18N8O2/c25-15(12-5-7-26-20-12)17-9-16-6-1-2-11(16)8-23(10-16)14-4-3-13-18-21-22-24(13)19-14/h3-5,7,11H,1-2,6,8-10H2,(H,17,25)/t11-,16-/m0/s1. The zero-order valence-electron chi connectivity index (χ0n) is 14.1. The Bertz CT molecular complexity index is 939. The number of nitrogens with zero attached hydrogens (tertiary/aromatic N) is 7. The summed E-state index contributed by atoms with van der Waals surface area (Å²) in [5, 5.41) is 22.6. The van der Waals surface area contributed by atoms with Crippen molar-refractivity contribution in [2.24, 2.45) is 11.3 Å². The van der Waals surface area contributed by atoms with Gasteiger partial charge in [0.25, 0.3) is 5.91 Å². The van der Waals surface area contributed by atoms with Gasteiger partial charge in [0.2, 0.25) is 0 Å². The molecule has 1 aliphatic carbocycles. The molecule has 1 saturated carbocycles. The van der Waals surface area contributed by atoms with E-state index in [4.69, 9.17) is 4.52 Å². The lowest BCUT2D eigenvalue weighted by Crippen LogP contribution is -2.41. The minimum absolute atomic E-state index is 0.0661. The molecule has 2 fully saturated rings. The van der Waals surface area contributed by atoms with Crippen molar-refractivity contribution in [3.8, 4) is 0 Å². The van der Waals surface area contributed by atoms with E-state index in [1.54, 1.807) is 6.07 Å². The van der Waals surface area contributed by atoms with Crippen LogP contribution >= 0.6 is 0 Å². The summed E-state index contributed by atoms with van der Waals surface area (Å²) in [6, 6.07) is 5.40. The van der Waals surface area contributed by atoms with Crippen molar-refractivity contribution in [1.29, 1.82) is 0 Å². The quantitative estimate of drug-likeness (QED) is 0.722. The number of fused-ring (bicyclic) bond motifs is 2. The van der Waals surface area contributed by atoms with Gasteiger partial charge in [-0.15, -0.1) is 14.8 Å². The Kier molecular flexibility index (Phi) is 3.37. The molecular weight excluding hydrogens is 336 g/mol. The third-order valence-corrected chi connectivity index (χ3v) is 5.69. The van der Waals surface area contributed by atoms with E-state index in [-0.39, 0.29) is 11.3 Å². The van der Waals surface area contributed by atoms with Gasteiger partial charge in [-0.1, -0.05) is 11.6 Å². The van der Waals surface area contributed by atoms with Crippen LogP contribution < -0.4 is 10.2 Å². The van der Waals surface area contributed by atoms with Gasteiger partial charge < -0.3 is 14.7 Å². The molecule has 1 amide bonds. The first kappa shape index (κ1) is 15.2. The van der Waals surface area contributed by atoms with Gasteiger partial charge in [0.05, 0.1) is 0 Å². The monoisotopic (exact) mass is 354 g/mol. The summed E-state index contributed by atoms with van der Waals surface area (Å²) in [7, 11) is 0. The summed E-state index contributed by atoms with van der Waals surface area (Å²) >= 11 is 0. The van der Waals surface area contributed by atoms with Crippen LogP contribution in [0.2, 0.25) is 0 Å². The summed E-state index contributed by atoms with van der Waals surface area (Å²) in [5.41, 5.74) is 1.01. The summed E-state index contributed by atoms with van der Waals surface area (Å²) in [4.78, 5) is 14.5. The molecule has 0 bridgehead atoms. The molecule has 1 N–H and O–H groups in total. The molecule has 0 radical (unpaired) electrons. The van der Waals surface area contributed by atoms with E-state index >= 15 is 0 Å². The molecule has 5 rings (SSSR count). The lowest BCUT2D eigenvalue weighted by atomic mass is 9.80. The number of anilines is 1. The number of hydrogen-bond donors (Lipinski definition) is 1. The normalized spacial score (nSPS) is 24.9. The van der Waals surface area contributed by atoms with Crippen molar-refractivity contribution in [3.05, 3.63) is 30.2 Å². The van der Waals surface area contributed by atoms with Crippen molar-refractivity contribution in [2.45, 2.75) is 19.3 Å². The largest absolute Gasteiger partial charge is 0.364 e. The highest BCUT2D eigenvalue weighted by molar-refractivity contribution is 5.91. The number of nitrogens with one attached hydrogen (secondary N) is 1. The number of tetrazole rings is 1. The van der Waals surface area contributed by atoms with Crippen LogP contribution in [0.5, 0.6) is 0 Å². The number of hydrogen-bond acceptors (Lipinski definition) is 8. The Morgan fingerprint density at radius 2 is 2.35 bits per heavy atom. The van der Waals surface area contributed by atoms with Crippen LogP contribution in [0.3, 0.4) is 0 Å². The highest BCUT2D eigenvalue weighted by Gasteiger charge is 2.49. The van der Waals surface area contributed by atoms with Crippen molar-refractivity contribution < 1.29 is 9.32 Å². The first-order valence-corrected chi connectivity index (χ1v) is 8.72. The van der Waals surface area contributed by atoms with Crippen molar-refractivity contribution in [2.75, 3.05) is 24.5 Å². The molecule has 2 atom stereocenters. The molecule has 4 heterocycles. The highest BCUT2D eigenvalue weighted by atomic mass is 16.5. The molecule has 1 saturated heterocycles. The summed E-state index contributed by atoms with van der Waals surface area (Å²) in [6.45, 7) is 2.42. The van der Waals surface area contributed by atoms with Gasteiger partial charge in [0.1, 0.15) is 6.26 Å². The maximum absolute atomic E-state index is 12.2. The second kappa shape index (κ2) is 5.75. The van der Waals surface area contributed by atoms with Crippen LogP contribution in [-0.4, -0.2) is 56.0 Å². The molecule has 3 aromatic rings. The molecule has 0 spiro atoms. The van der Waals surface area contributed by atoms with E-state index in [2.05, 4.69) is 36.0 Å². The predicted octanol–water partition coefficient (Wildman–Crippen LogP) is 0.544. The van der Waals surface area contributed by atoms with E-state index < -0.39 is 0 Å². The fourth-order valence-corrected chi connectivity index (χ4v) is 4.36. The van der Waals surface area contributed by atoms with Crippen LogP contribution in [0, 0.1) is 11.3 Å². The lowest BCUT2D eigenvalue weighted by Gasteiger charge is -2.29. The number of aromatic nitrogens is 6. The maximum atomic E-state index is 12.2. The van der Waals surface area contributed by atoms with Gasteiger partial charge in [-0.3, -0.25) is 4.79 Å². The topological polar surface area (TPSA) is 114 Å². The SMILES string of the molecule is O=C(NC[C@]12CCC[C@H]1CN(c1ccc3nnnn3n1)C2)c1ccon1. The molecule has 0 aromatic carbocycles. The van der Waals surface area contributed by atoms with Crippen molar-refractivity contribution >= 4 is 17.4 Å². The molecule has 26 heavy (non-hydrogen) atoms. The maximum Gasteiger partial charge on any atom is 0.273 e. The second-order valence-electron chi connectivity index (χ2n) is 7.12. The Balaban J connectivity index is 1.34. The Hall–Kier alpha value is -3.04. The third kappa shape index (κ3) is 2.40. The Morgan fingerprint density at radius 1 is 1.38 bits per heavy atom. The zero-order chi connectivity index (χ0) is 17.6. The van der Waals surface area contributed by atoms with Gasteiger partial charge in [0.15, 0.2) is 17.2 Å². The zero-order valence-corrected chi connectivity index (χ0v) is 14.1. The summed E-state index contributed by atoms with van der Waals surface area (Å²) < 4.78 is 6.20. The molecule has 2 aliphatic rings. The van der Waals surface area contributed by atoms with Crippen LogP contribution in [0.15, 0.2) is 29.0 Å². The van der Waals surface area contributed by atoms with E-state index in [1.165, 1.54) is 23.7 Å². The number of rotatable bonds is 4. The Morgan fingerprint density at radius 3 is 3.23 bits per heavy atom. The van der Waals surface area contributed by atoms with E-state index in [9.17, 15) is 4.79 Å². The minimum atomic E-state index is -0.189. The van der Waals surface area contributed by atoms with Gasteiger partial charge in [-0.05, 0) is 41.3 Å². The van der Waals surface area contributed by atoms with E-state index in [1.807, 2.05) is 12.1 Å². The first-order chi connectivity index (χ1) is 12.7. The number of carbonyl (C=O) groups excluding carboxylic acids is 1. The second-order valence-corrected chi connectivity index (χ2v) is 7.12. The van der Waals surface area contributed by atoms with Crippen LogP contribution in [0.25, 0.3) is 5.65 Å². The smallest absolute Gasteiger partial charge is 0.273 e. The van der Waals surface area contributed by atoms with Gasteiger partial charge in [-0.2, -0.15) is 0 Å². The van der Waals surface area contributed by atoms with Crippen molar-refractivity contribution in [3.63, 3.8) is 0 Å². The lowest BCUT2D eigenvalue weighted by molar-refractivity contribution is 0.0918. The van der Waals surface area contributed by atoms with E-state index in [0.29, 0.717) is 23.8 Å². The number of carbonyl (C=O) groups is 1. The van der Waals surface area contributed by atoms with Crippen LogP contribution in [-0.2, 0) is 0 Å². The van der Waals surface area contributed by atoms with Crippen LogP contribution in [0.1, 0.15) is 29.8 Å². The minimum Gasteiger partial charge on any atom is -0.364 e. The number of amides is 1. The fraction of sp³-hybridized carbons (Fsp3) is 0.500. The highest BCUT2D eigenvalue weighted by Crippen LogP contribution is 2.49. The van der Waals surface area contributed by atoms with Gasteiger partial charge in [0, 0.05) is 31.1 Å². The predicted molar refractivity (Wildman–Crippen MR) is 89.4 cm³/mol. The molecule has 134 valence electrons. The molecule has 10 heteroatoms. The molecular formula is C16H18N8O2. The average Bonchev–Trinajstić information content (AvgIpc) is 3.42. The van der Waals surface area contributed by atoms with Gasteiger partial charge in [-0.25, -0.2) is 0 Å². The van der Waals surface area contributed by atoms with Crippen molar-refractivity contribution in [1.82, 2.24) is 35.7 Å². The Labute approximate surface area is 148 Å². The fourth-order valence-electron chi connectivity index (χ4n) is 4.36. The molecule has 3 aromatic heterocycles. The molecule has 0 unspecified atom stereocenters. The molecule has 10 nitrogen and oxygen atoms in total. The van der Waals surface area contributed by atoms with E-state index in [0.717, 1.165) is 25.3 Å². The third-order valence-electron chi connectivity index (χ3n) is 5.69. The molecule has 1 aliphatic heterocycles. The van der Waals surface area contributed by atoms with Crippen LogP contribution in [0.4, 0.5) is 5.82 Å². The first-order valence-electron chi connectivity index (χ1n) is 8.72. The summed E-state index contributed by atoms with van der Waals surface area (Å²) in [6.07, 6.45) is 4.87. The van der Waals surface area contributed by atoms with Gasteiger partial charge >= 0.3 is 0 Å². The summed E-state index contributed by atoms with van der Waals surface area (Å²) in [5.74, 6) is 1.21.